The van der Waals surface area contributed by atoms with Crippen LogP contribution in [0.4, 0.5) is 0 Å². The van der Waals surface area contributed by atoms with Crippen LogP contribution in [0.25, 0.3) is 22.2 Å². The number of pyridine rings is 1. The molecule has 0 N–H and O–H groups in total. The number of aryl methyl sites for hydroxylation is 2. The van der Waals surface area contributed by atoms with E-state index in [1.807, 2.05) is 74.5 Å². The molecule has 0 atom stereocenters. The Labute approximate surface area is 163 Å². The maximum atomic E-state index is 13.2. The first-order chi connectivity index (χ1) is 13.5. The first kappa shape index (κ1) is 17.9. The number of rotatable bonds is 4. The van der Waals surface area contributed by atoms with Gasteiger partial charge < -0.3 is 9.42 Å². The second-order valence-corrected chi connectivity index (χ2v) is 7.03. The van der Waals surface area contributed by atoms with Crippen molar-refractivity contribution in [3.63, 3.8) is 0 Å². The van der Waals surface area contributed by atoms with E-state index >= 15 is 0 Å². The first-order valence-electron chi connectivity index (χ1n) is 9.16. The summed E-state index contributed by atoms with van der Waals surface area (Å²) >= 11 is 0. The van der Waals surface area contributed by atoms with Crippen molar-refractivity contribution in [1.82, 2.24) is 15.0 Å². The minimum Gasteiger partial charge on any atom is -0.361 e. The third-order valence-electron chi connectivity index (χ3n) is 4.72. The molecule has 0 bridgehead atoms. The molecule has 0 spiro atoms. The summed E-state index contributed by atoms with van der Waals surface area (Å²) in [6.45, 7) is 4.27. The van der Waals surface area contributed by atoms with E-state index in [2.05, 4.69) is 5.16 Å². The van der Waals surface area contributed by atoms with Crippen molar-refractivity contribution >= 4 is 16.8 Å². The lowest BCUT2D eigenvalue weighted by atomic mass is 10.0. The molecule has 5 nitrogen and oxygen atoms in total. The predicted molar refractivity (Wildman–Crippen MR) is 109 cm³/mol. The van der Waals surface area contributed by atoms with Crippen LogP contribution in [0.3, 0.4) is 0 Å². The number of hydrogen-bond acceptors (Lipinski definition) is 4. The van der Waals surface area contributed by atoms with Crippen LogP contribution in [0.1, 0.15) is 27.4 Å². The highest BCUT2D eigenvalue weighted by Crippen LogP contribution is 2.26. The van der Waals surface area contributed by atoms with Crippen molar-refractivity contribution in [3.8, 4) is 11.3 Å². The average Bonchev–Trinajstić information content (AvgIpc) is 3.11. The Hall–Kier alpha value is -3.47. The molecule has 0 aliphatic heterocycles. The molecule has 0 aliphatic carbocycles. The summed E-state index contributed by atoms with van der Waals surface area (Å²) in [5.41, 5.74) is 5.11. The second kappa shape index (κ2) is 7.27. The molecule has 0 aliphatic rings. The van der Waals surface area contributed by atoms with Crippen molar-refractivity contribution in [2.75, 3.05) is 7.05 Å². The van der Waals surface area contributed by atoms with E-state index in [9.17, 15) is 4.79 Å². The largest absolute Gasteiger partial charge is 0.361 e. The number of carbonyl (C=O) groups excluding carboxylic acids is 1. The lowest BCUT2D eigenvalue weighted by Gasteiger charge is -2.17. The van der Waals surface area contributed by atoms with Gasteiger partial charge in [0.1, 0.15) is 11.5 Å². The SMILES string of the molecule is Cc1ccc(-c2cc(C(=O)N(C)Cc3cc(C)on3)c3ccccc3n2)cc1. The zero-order valence-electron chi connectivity index (χ0n) is 16.1. The Balaban J connectivity index is 1.76. The number of para-hydroxylation sites is 1. The van der Waals surface area contributed by atoms with Crippen LogP contribution >= 0.6 is 0 Å². The van der Waals surface area contributed by atoms with Crippen molar-refractivity contribution in [2.24, 2.45) is 0 Å². The molecular weight excluding hydrogens is 350 g/mol. The topological polar surface area (TPSA) is 59.2 Å². The Morgan fingerprint density at radius 2 is 1.79 bits per heavy atom. The monoisotopic (exact) mass is 371 g/mol. The van der Waals surface area contributed by atoms with Crippen LogP contribution in [0.15, 0.2) is 65.2 Å². The highest BCUT2D eigenvalue weighted by molar-refractivity contribution is 6.07. The van der Waals surface area contributed by atoms with Crippen LogP contribution < -0.4 is 0 Å². The van der Waals surface area contributed by atoms with Gasteiger partial charge in [-0.25, -0.2) is 4.98 Å². The van der Waals surface area contributed by atoms with E-state index in [1.54, 1.807) is 11.9 Å². The van der Waals surface area contributed by atoms with E-state index < -0.39 is 0 Å². The van der Waals surface area contributed by atoms with Gasteiger partial charge in [0.25, 0.3) is 5.91 Å². The van der Waals surface area contributed by atoms with Gasteiger partial charge in [-0.05, 0) is 26.0 Å². The summed E-state index contributed by atoms with van der Waals surface area (Å²) in [7, 11) is 1.77. The third-order valence-corrected chi connectivity index (χ3v) is 4.72. The number of aromatic nitrogens is 2. The zero-order chi connectivity index (χ0) is 19.7. The van der Waals surface area contributed by atoms with Crippen LogP contribution in [0.5, 0.6) is 0 Å². The quantitative estimate of drug-likeness (QED) is 0.518. The van der Waals surface area contributed by atoms with Gasteiger partial charge in [-0.2, -0.15) is 0 Å². The van der Waals surface area contributed by atoms with Crippen molar-refractivity contribution < 1.29 is 9.32 Å². The molecule has 0 radical (unpaired) electrons. The van der Waals surface area contributed by atoms with Gasteiger partial charge in [0.15, 0.2) is 0 Å². The molecule has 4 rings (SSSR count). The van der Waals surface area contributed by atoms with Gasteiger partial charge in [0, 0.05) is 24.1 Å². The zero-order valence-corrected chi connectivity index (χ0v) is 16.1. The molecule has 140 valence electrons. The molecular formula is C23H21N3O2. The van der Waals surface area contributed by atoms with Gasteiger partial charge in [0.05, 0.1) is 23.3 Å². The van der Waals surface area contributed by atoms with Gasteiger partial charge in [0.2, 0.25) is 0 Å². The van der Waals surface area contributed by atoms with E-state index in [-0.39, 0.29) is 5.91 Å². The maximum absolute atomic E-state index is 13.2. The fourth-order valence-corrected chi connectivity index (χ4v) is 3.24. The molecule has 4 aromatic rings. The van der Waals surface area contributed by atoms with Crippen LogP contribution in [0, 0.1) is 13.8 Å². The molecule has 0 saturated heterocycles. The van der Waals surface area contributed by atoms with Gasteiger partial charge in [-0.3, -0.25) is 4.79 Å². The van der Waals surface area contributed by atoms with E-state index in [0.717, 1.165) is 33.6 Å². The fourth-order valence-electron chi connectivity index (χ4n) is 3.24. The Bertz CT molecular complexity index is 1150. The number of amides is 1. The van der Waals surface area contributed by atoms with Gasteiger partial charge >= 0.3 is 0 Å². The average molecular weight is 371 g/mol. The summed E-state index contributed by atoms with van der Waals surface area (Å²) in [6, 6.07) is 19.6. The standard InChI is InChI=1S/C23H21N3O2/c1-15-8-10-17(11-9-15)22-13-20(19-6-4-5-7-21(19)24-22)23(27)26(3)14-18-12-16(2)28-25-18/h4-13H,14H2,1-3H3. The minimum atomic E-state index is -0.0763. The molecule has 2 heterocycles. The van der Waals surface area contributed by atoms with E-state index in [1.165, 1.54) is 5.56 Å². The maximum Gasteiger partial charge on any atom is 0.254 e. The molecule has 0 fully saturated rings. The Morgan fingerprint density at radius 1 is 1.04 bits per heavy atom. The summed E-state index contributed by atoms with van der Waals surface area (Å²) in [5, 5.41) is 4.83. The number of benzene rings is 2. The highest BCUT2D eigenvalue weighted by atomic mass is 16.5. The van der Waals surface area contributed by atoms with Crippen LogP contribution in [-0.4, -0.2) is 28.0 Å². The molecule has 0 unspecified atom stereocenters. The highest BCUT2D eigenvalue weighted by Gasteiger charge is 2.18. The molecule has 2 aromatic carbocycles. The minimum absolute atomic E-state index is 0.0763. The van der Waals surface area contributed by atoms with Gasteiger partial charge in [-0.15, -0.1) is 0 Å². The summed E-state index contributed by atoms with van der Waals surface area (Å²) < 4.78 is 5.11. The smallest absolute Gasteiger partial charge is 0.254 e. The molecule has 28 heavy (non-hydrogen) atoms. The normalized spacial score (nSPS) is 11.0. The number of fused-ring (bicyclic) bond motifs is 1. The first-order valence-corrected chi connectivity index (χ1v) is 9.16. The number of carbonyl (C=O) groups is 1. The second-order valence-electron chi connectivity index (χ2n) is 7.03. The lowest BCUT2D eigenvalue weighted by molar-refractivity contribution is 0.0784. The molecule has 0 saturated carbocycles. The molecule has 1 amide bonds. The van der Waals surface area contributed by atoms with Gasteiger partial charge in [-0.1, -0.05) is 53.2 Å². The predicted octanol–water partition coefficient (Wildman–Crippen LogP) is 4.78. The lowest BCUT2D eigenvalue weighted by Crippen LogP contribution is -2.26. The van der Waals surface area contributed by atoms with Crippen molar-refractivity contribution in [1.29, 1.82) is 0 Å². The van der Waals surface area contributed by atoms with Crippen LogP contribution in [0.2, 0.25) is 0 Å². The summed E-state index contributed by atoms with van der Waals surface area (Å²) in [5.74, 6) is 0.652. The number of hydrogen-bond donors (Lipinski definition) is 0. The van der Waals surface area contributed by atoms with Crippen LogP contribution in [-0.2, 0) is 6.54 Å². The van der Waals surface area contributed by atoms with E-state index in [0.29, 0.717) is 12.1 Å². The third kappa shape index (κ3) is 3.51. The number of nitrogens with zero attached hydrogens (tertiary/aromatic N) is 3. The van der Waals surface area contributed by atoms with Crippen molar-refractivity contribution in [3.05, 3.63) is 83.2 Å². The molecule has 5 heteroatoms. The molecule has 2 aromatic heterocycles. The summed E-state index contributed by atoms with van der Waals surface area (Å²) in [4.78, 5) is 19.7. The van der Waals surface area contributed by atoms with Crippen molar-refractivity contribution in [2.45, 2.75) is 20.4 Å². The Kier molecular flexibility index (Phi) is 4.65. The Morgan fingerprint density at radius 3 is 2.50 bits per heavy atom. The summed E-state index contributed by atoms with van der Waals surface area (Å²) in [6.07, 6.45) is 0. The van der Waals surface area contributed by atoms with E-state index in [4.69, 9.17) is 9.51 Å². The fraction of sp³-hybridized carbons (Fsp3) is 0.174.